The molecule has 3 aromatic rings. The fourth-order valence-corrected chi connectivity index (χ4v) is 2.70. The molecule has 0 spiro atoms. The highest BCUT2D eigenvalue weighted by Crippen LogP contribution is 2.25. The number of carbonyl (C=O) groups is 1. The van der Waals surface area contributed by atoms with Gasteiger partial charge in [0.25, 0.3) is 5.91 Å². The number of nitrogens with one attached hydrogen (secondary N) is 1. The summed E-state index contributed by atoms with van der Waals surface area (Å²) in [5, 5.41) is 16.4. The summed E-state index contributed by atoms with van der Waals surface area (Å²) in [7, 11) is 0. The molecule has 1 heterocycles. The van der Waals surface area contributed by atoms with E-state index in [2.05, 4.69) is 15.4 Å². The van der Waals surface area contributed by atoms with Crippen molar-refractivity contribution < 1.29 is 9.90 Å². The number of carbonyl (C=O) groups excluding carboxylic acids is 1. The number of hydrogen-bond acceptors (Lipinski definition) is 4. The minimum atomic E-state index is -0.440. The van der Waals surface area contributed by atoms with Crippen LogP contribution in [-0.4, -0.2) is 38.9 Å². The second-order valence-corrected chi connectivity index (χ2v) is 6.36. The first-order valence-electron chi connectivity index (χ1n) is 8.19. The van der Waals surface area contributed by atoms with Crippen molar-refractivity contribution in [3.05, 3.63) is 64.4 Å². The van der Waals surface area contributed by atoms with Crippen LogP contribution in [0.4, 0.5) is 0 Å². The number of aryl methyl sites for hydroxylation is 2. The third-order valence-corrected chi connectivity index (χ3v) is 4.29. The van der Waals surface area contributed by atoms with E-state index in [1.807, 2.05) is 50.2 Å². The van der Waals surface area contributed by atoms with Crippen LogP contribution in [0, 0.1) is 13.8 Å². The number of aromatic nitrogens is 3. The van der Waals surface area contributed by atoms with Gasteiger partial charge in [-0.15, -0.1) is 5.10 Å². The lowest BCUT2D eigenvalue weighted by Crippen LogP contribution is -2.27. The van der Waals surface area contributed by atoms with E-state index in [1.54, 1.807) is 10.7 Å². The molecule has 0 aliphatic carbocycles. The fourth-order valence-electron chi connectivity index (χ4n) is 2.52. The highest BCUT2D eigenvalue weighted by Gasteiger charge is 2.19. The van der Waals surface area contributed by atoms with Gasteiger partial charge in [0.2, 0.25) is 5.82 Å². The smallest absolute Gasteiger partial charge is 0.291 e. The predicted molar refractivity (Wildman–Crippen MR) is 101 cm³/mol. The number of aliphatic hydroxyl groups excluding tert-OH is 1. The van der Waals surface area contributed by atoms with Crippen LogP contribution >= 0.6 is 11.6 Å². The first-order chi connectivity index (χ1) is 12.5. The van der Waals surface area contributed by atoms with Crippen molar-refractivity contribution in [2.45, 2.75) is 13.8 Å². The number of aliphatic hydroxyl groups is 1. The number of benzene rings is 2. The van der Waals surface area contributed by atoms with E-state index in [4.69, 9.17) is 16.7 Å². The van der Waals surface area contributed by atoms with Crippen LogP contribution in [-0.2, 0) is 0 Å². The van der Waals surface area contributed by atoms with E-state index in [0.29, 0.717) is 16.5 Å². The Morgan fingerprint density at radius 3 is 2.73 bits per heavy atom. The van der Waals surface area contributed by atoms with Gasteiger partial charge in [-0.1, -0.05) is 41.4 Å². The van der Waals surface area contributed by atoms with Gasteiger partial charge >= 0.3 is 0 Å². The van der Waals surface area contributed by atoms with E-state index >= 15 is 0 Å². The topological polar surface area (TPSA) is 80.0 Å². The molecule has 0 radical (unpaired) electrons. The average Bonchev–Trinajstić information content (AvgIpc) is 3.07. The van der Waals surface area contributed by atoms with Gasteiger partial charge in [-0.2, -0.15) is 0 Å². The minimum absolute atomic E-state index is 0.0339. The molecule has 1 amide bonds. The average molecular weight is 371 g/mol. The molecule has 0 saturated carbocycles. The summed E-state index contributed by atoms with van der Waals surface area (Å²) in [5.41, 5.74) is 3.58. The summed E-state index contributed by atoms with van der Waals surface area (Å²) >= 11 is 6.26. The molecule has 0 aliphatic rings. The second kappa shape index (κ2) is 7.68. The summed E-state index contributed by atoms with van der Waals surface area (Å²) in [5.74, 6) is 0.138. The molecule has 3 rings (SSSR count). The molecule has 6 nitrogen and oxygen atoms in total. The van der Waals surface area contributed by atoms with E-state index in [0.717, 1.165) is 16.7 Å². The van der Waals surface area contributed by atoms with Gasteiger partial charge in [0.05, 0.1) is 12.3 Å². The molecular formula is C19H19ClN4O2. The predicted octanol–water partition coefficient (Wildman–Crippen LogP) is 2.93. The molecule has 0 unspecified atom stereocenters. The van der Waals surface area contributed by atoms with Crippen LogP contribution in [0.3, 0.4) is 0 Å². The van der Waals surface area contributed by atoms with Gasteiger partial charge < -0.3 is 10.4 Å². The van der Waals surface area contributed by atoms with Gasteiger partial charge in [-0.25, -0.2) is 9.67 Å². The molecule has 2 N–H and O–H groups in total. The maximum Gasteiger partial charge on any atom is 0.291 e. The standard InChI is InChI=1S/C19H19ClN4O2/c1-12-4-3-5-14(10-12)18-22-17(19(26)21-8-9-25)23-24(18)15-7-6-13(2)16(20)11-15/h3-7,10-11,25H,8-9H2,1-2H3,(H,21,26). The molecule has 0 fully saturated rings. The first kappa shape index (κ1) is 18.1. The van der Waals surface area contributed by atoms with Gasteiger partial charge in [-0.05, 0) is 37.6 Å². The van der Waals surface area contributed by atoms with Crippen LogP contribution < -0.4 is 5.32 Å². The SMILES string of the molecule is Cc1cccc(-c2nc(C(=O)NCCO)nn2-c2ccc(C)c(Cl)c2)c1. The highest BCUT2D eigenvalue weighted by molar-refractivity contribution is 6.31. The van der Waals surface area contributed by atoms with E-state index < -0.39 is 5.91 Å². The molecule has 0 saturated heterocycles. The summed E-state index contributed by atoms with van der Waals surface area (Å²) in [6.45, 7) is 3.90. The zero-order chi connectivity index (χ0) is 18.7. The van der Waals surface area contributed by atoms with Gasteiger partial charge in [0, 0.05) is 17.1 Å². The Kier molecular flexibility index (Phi) is 5.35. The largest absolute Gasteiger partial charge is 0.395 e. The van der Waals surface area contributed by atoms with Crippen molar-refractivity contribution in [3.8, 4) is 17.1 Å². The molecule has 2 aromatic carbocycles. The van der Waals surface area contributed by atoms with E-state index in [9.17, 15) is 4.79 Å². The van der Waals surface area contributed by atoms with Crippen LogP contribution in [0.5, 0.6) is 0 Å². The normalized spacial score (nSPS) is 10.8. The molecular weight excluding hydrogens is 352 g/mol. The van der Waals surface area contributed by atoms with Crippen molar-refractivity contribution in [2.75, 3.05) is 13.2 Å². The molecule has 0 bridgehead atoms. The summed E-state index contributed by atoms with van der Waals surface area (Å²) in [4.78, 5) is 16.7. The van der Waals surface area contributed by atoms with Gasteiger partial charge in [0.1, 0.15) is 0 Å². The van der Waals surface area contributed by atoms with Crippen LogP contribution in [0.1, 0.15) is 21.7 Å². The van der Waals surface area contributed by atoms with Gasteiger partial charge in [-0.3, -0.25) is 4.79 Å². The van der Waals surface area contributed by atoms with Crippen molar-refractivity contribution in [3.63, 3.8) is 0 Å². The monoisotopic (exact) mass is 370 g/mol. The van der Waals surface area contributed by atoms with Crippen molar-refractivity contribution in [2.24, 2.45) is 0 Å². The van der Waals surface area contributed by atoms with Crippen molar-refractivity contribution >= 4 is 17.5 Å². The Balaban J connectivity index is 2.12. The molecule has 0 aliphatic heterocycles. The lowest BCUT2D eigenvalue weighted by molar-refractivity contribution is 0.0934. The van der Waals surface area contributed by atoms with Gasteiger partial charge in [0.15, 0.2) is 5.82 Å². The zero-order valence-electron chi connectivity index (χ0n) is 14.5. The summed E-state index contributed by atoms with van der Waals surface area (Å²) in [6.07, 6.45) is 0. The lowest BCUT2D eigenvalue weighted by Gasteiger charge is -2.08. The maximum atomic E-state index is 12.2. The fraction of sp³-hybridized carbons (Fsp3) is 0.211. The number of halogens is 1. The maximum absolute atomic E-state index is 12.2. The molecule has 7 heteroatoms. The Morgan fingerprint density at radius 1 is 1.23 bits per heavy atom. The minimum Gasteiger partial charge on any atom is -0.395 e. The number of nitrogens with zero attached hydrogens (tertiary/aromatic N) is 3. The Hall–Kier alpha value is -2.70. The van der Waals surface area contributed by atoms with Crippen molar-refractivity contribution in [1.82, 2.24) is 20.1 Å². The highest BCUT2D eigenvalue weighted by atomic mass is 35.5. The molecule has 26 heavy (non-hydrogen) atoms. The Bertz CT molecular complexity index is 952. The number of amides is 1. The summed E-state index contributed by atoms with van der Waals surface area (Å²) < 4.78 is 1.61. The lowest BCUT2D eigenvalue weighted by atomic mass is 10.1. The van der Waals surface area contributed by atoms with Crippen LogP contribution in [0.2, 0.25) is 5.02 Å². The van der Waals surface area contributed by atoms with E-state index in [-0.39, 0.29) is 19.0 Å². The first-order valence-corrected chi connectivity index (χ1v) is 8.57. The number of rotatable bonds is 5. The quantitative estimate of drug-likeness (QED) is 0.723. The third-order valence-electron chi connectivity index (χ3n) is 3.88. The van der Waals surface area contributed by atoms with Crippen molar-refractivity contribution in [1.29, 1.82) is 0 Å². The molecule has 1 aromatic heterocycles. The zero-order valence-corrected chi connectivity index (χ0v) is 15.3. The second-order valence-electron chi connectivity index (χ2n) is 5.95. The van der Waals surface area contributed by atoms with Crippen LogP contribution in [0.15, 0.2) is 42.5 Å². The third kappa shape index (κ3) is 3.76. The molecule has 134 valence electrons. The van der Waals surface area contributed by atoms with E-state index in [1.165, 1.54) is 0 Å². The molecule has 0 atom stereocenters. The summed E-state index contributed by atoms with van der Waals surface area (Å²) in [6, 6.07) is 13.4. The Morgan fingerprint density at radius 2 is 2.04 bits per heavy atom. The van der Waals surface area contributed by atoms with Crippen LogP contribution in [0.25, 0.3) is 17.1 Å². The number of hydrogen-bond donors (Lipinski definition) is 2. The Labute approximate surface area is 156 Å².